The van der Waals surface area contributed by atoms with Gasteiger partial charge in [0.1, 0.15) is 5.01 Å². The van der Waals surface area contributed by atoms with Crippen molar-refractivity contribution in [2.24, 2.45) is 0 Å². The van der Waals surface area contributed by atoms with E-state index in [0.717, 1.165) is 10.6 Å². The number of hydrogen-bond acceptors (Lipinski definition) is 6. The van der Waals surface area contributed by atoms with E-state index in [1.54, 1.807) is 6.07 Å². The number of benzene rings is 1. The highest BCUT2D eigenvalue weighted by atomic mass is 32.1. The van der Waals surface area contributed by atoms with Crippen molar-refractivity contribution < 1.29 is 9.59 Å². The van der Waals surface area contributed by atoms with E-state index in [-0.39, 0.29) is 24.8 Å². The molecule has 0 fully saturated rings. The number of carbonyl (C=O) groups excluding carboxylic acids is 2. The number of amides is 2. The molecule has 0 radical (unpaired) electrons. The minimum atomic E-state index is -0.210. The third-order valence-electron chi connectivity index (χ3n) is 3.35. The molecule has 1 aromatic carbocycles. The standard InChI is InChI=1S/C17H16N4O2S2/c1-11-4-6-12(7-5-11)16-20-21-17(25-16)19-14(22)8-9-18-15(23)13-3-2-10-24-13/h2-7,10H,8-9H2,1H3,(H,18,23)(H,19,21,22). The molecule has 3 rings (SSSR count). The van der Waals surface area contributed by atoms with Crippen LogP contribution in [0.2, 0.25) is 0 Å². The number of hydrogen-bond donors (Lipinski definition) is 2. The zero-order valence-electron chi connectivity index (χ0n) is 13.5. The Morgan fingerprint density at radius 3 is 2.64 bits per heavy atom. The Hall–Kier alpha value is -2.58. The Morgan fingerprint density at radius 2 is 1.92 bits per heavy atom. The van der Waals surface area contributed by atoms with E-state index in [1.165, 1.54) is 28.2 Å². The van der Waals surface area contributed by atoms with Gasteiger partial charge in [0.15, 0.2) is 0 Å². The monoisotopic (exact) mass is 372 g/mol. The number of carbonyl (C=O) groups is 2. The minimum Gasteiger partial charge on any atom is -0.351 e. The van der Waals surface area contributed by atoms with Crippen LogP contribution in [0.4, 0.5) is 5.13 Å². The fourth-order valence-corrected chi connectivity index (χ4v) is 3.46. The van der Waals surface area contributed by atoms with Gasteiger partial charge in [-0.25, -0.2) is 0 Å². The van der Waals surface area contributed by atoms with E-state index in [1.807, 2.05) is 42.6 Å². The predicted octanol–water partition coefficient (Wildman–Crippen LogP) is 3.33. The van der Waals surface area contributed by atoms with Crippen molar-refractivity contribution in [3.8, 4) is 10.6 Å². The second kappa shape index (κ2) is 8.00. The molecule has 2 aromatic heterocycles. The van der Waals surface area contributed by atoms with Crippen molar-refractivity contribution in [1.29, 1.82) is 0 Å². The number of thiophene rings is 1. The fourth-order valence-electron chi connectivity index (χ4n) is 2.05. The lowest BCUT2D eigenvalue weighted by atomic mass is 10.2. The molecular formula is C17H16N4O2S2. The van der Waals surface area contributed by atoms with Crippen molar-refractivity contribution in [3.05, 3.63) is 52.2 Å². The van der Waals surface area contributed by atoms with E-state index in [9.17, 15) is 9.59 Å². The topological polar surface area (TPSA) is 84.0 Å². The molecule has 6 nitrogen and oxygen atoms in total. The van der Waals surface area contributed by atoms with Crippen LogP contribution < -0.4 is 10.6 Å². The summed E-state index contributed by atoms with van der Waals surface area (Å²) in [6, 6.07) is 11.5. The number of aryl methyl sites for hydroxylation is 1. The number of anilines is 1. The van der Waals surface area contributed by atoms with Crippen LogP contribution in [0.25, 0.3) is 10.6 Å². The normalized spacial score (nSPS) is 10.4. The van der Waals surface area contributed by atoms with E-state index >= 15 is 0 Å². The quantitative estimate of drug-likeness (QED) is 0.695. The number of nitrogens with one attached hydrogen (secondary N) is 2. The van der Waals surface area contributed by atoms with Crippen LogP contribution in [-0.4, -0.2) is 28.6 Å². The zero-order valence-corrected chi connectivity index (χ0v) is 15.1. The summed E-state index contributed by atoms with van der Waals surface area (Å²) in [4.78, 5) is 24.4. The van der Waals surface area contributed by atoms with Gasteiger partial charge < -0.3 is 10.6 Å². The Balaban J connectivity index is 1.48. The van der Waals surface area contributed by atoms with Gasteiger partial charge in [-0.05, 0) is 18.4 Å². The van der Waals surface area contributed by atoms with Gasteiger partial charge in [-0.15, -0.1) is 21.5 Å². The smallest absolute Gasteiger partial charge is 0.261 e. The van der Waals surface area contributed by atoms with Crippen molar-refractivity contribution in [2.45, 2.75) is 13.3 Å². The molecular weight excluding hydrogens is 356 g/mol. The van der Waals surface area contributed by atoms with Gasteiger partial charge in [-0.3, -0.25) is 9.59 Å². The molecule has 2 amide bonds. The van der Waals surface area contributed by atoms with Gasteiger partial charge in [-0.1, -0.05) is 47.2 Å². The Kier molecular flexibility index (Phi) is 5.52. The first-order valence-corrected chi connectivity index (χ1v) is 9.33. The molecule has 0 aliphatic carbocycles. The second-order valence-electron chi connectivity index (χ2n) is 5.31. The molecule has 2 N–H and O–H groups in total. The molecule has 25 heavy (non-hydrogen) atoms. The Bertz CT molecular complexity index is 857. The first kappa shape index (κ1) is 17.2. The average Bonchev–Trinajstić information content (AvgIpc) is 3.27. The molecule has 8 heteroatoms. The predicted molar refractivity (Wildman–Crippen MR) is 100.0 cm³/mol. The van der Waals surface area contributed by atoms with Gasteiger partial charge in [0.05, 0.1) is 4.88 Å². The SMILES string of the molecule is Cc1ccc(-c2nnc(NC(=O)CCNC(=O)c3cccs3)s2)cc1. The van der Waals surface area contributed by atoms with E-state index in [2.05, 4.69) is 20.8 Å². The first-order valence-electron chi connectivity index (χ1n) is 7.64. The largest absolute Gasteiger partial charge is 0.351 e. The number of rotatable bonds is 6. The van der Waals surface area contributed by atoms with Gasteiger partial charge in [0.2, 0.25) is 11.0 Å². The molecule has 0 unspecified atom stereocenters. The Morgan fingerprint density at radius 1 is 1.12 bits per heavy atom. The molecule has 3 aromatic rings. The summed E-state index contributed by atoms with van der Waals surface area (Å²) >= 11 is 2.68. The summed E-state index contributed by atoms with van der Waals surface area (Å²) in [6.07, 6.45) is 0.177. The van der Waals surface area contributed by atoms with Gasteiger partial charge in [0.25, 0.3) is 5.91 Å². The molecule has 0 aliphatic heterocycles. The van der Waals surface area contributed by atoms with Gasteiger partial charge in [0, 0.05) is 18.5 Å². The molecule has 0 spiro atoms. The molecule has 128 valence electrons. The van der Waals surface area contributed by atoms with Crippen LogP contribution in [0.1, 0.15) is 21.7 Å². The maximum Gasteiger partial charge on any atom is 0.261 e. The lowest BCUT2D eigenvalue weighted by Crippen LogP contribution is -2.27. The van der Waals surface area contributed by atoms with Crippen LogP contribution in [0.3, 0.4) is 0 Å². The van der Waals surface area contributed by atoms with Crippen LogP contribution in [0.15, 0.2) is 41.8 Å². The number of aromatic nitrogens is 2. The molecule has 0 aliphatic rings. The molecule has 2 heterocycles. The summed E-state index contributed by atoms with van der Waals surface area (Å²) in [5.41, 5.74) is 2.14. The maximum atomic E-state index is 11.9. The average molecular weight is 372 g/mol. The third-order valence-corrected chi connectivity index (χ3v) is 5.11. The van der Waals surface area contributed by atoms with Crippen molar-refractivity contribution >= 4 is 39.6 Å². The molecule has 0 bridgehead atoms. The second-order valence-corrected chi connectivity index (χ2v) is 7.23. The summed E-state index contributed by atoms with van der Waals surface area (Å²) in [5, 5.41) is 16.5. The van der Waals surface area contributed by atoms with Gasteiger partial charge >= 0.3 is 0 Å². The van der Waals surface area contributed by atoms with E-state index in [0.29, 0.717) is 10.0 Å². The summed E-state index contributed by atoms with van der Waals surface area (Å²) < 4.78 is 0. The van der Waals surface area contributed by atoms with Crippen molar-refractivity contribution in [2.75, 3.05) is 11.9 Å². The lowest BCUT2D eigenvalue weighted by molar-refractivity contribution is -0.116. The van der Waals surface area contributed by atoms with Crippen LogP contribution in [-0.2, 0) is 4.79 Å². The molecule has 0 saturated heterocycles. The lowest BCUT2D eigenvalue weighted by Gasteiger charge is -2.03. The van der Waals surface area contributed by atoms with Crippen molar-refractivity contribution in [1.82, 2.24) is 15.5 Å². The number of nitrogens with zero attached hydrogens (tertiary/aromatic N) is 2. The maximum absolute atomic E-state index is 11.9. The van der Waals surface area contributed by atoms with Crippen LogP contribution >= 0.6 is 22.7 Å². The summed E-state index contributed by atoms with van der Waals surface area (Å²) in [6.45, 7) is 2.29. The first-order chi connectivity index (χ1) is 12.1. The van der Waals surface area contributed by atoms with E-state index in [4.69, 9.17) is 0 Å². The van der Waals surface area contributed by atoms with Crippen LogP contribution in [0, 0.1) is 6.92 Å². The fraction of sp³-hybridized carbons (Fsp3) is 0.176. The zero-order chi connectivity index (χ0) is 17.6. The highest BCUT2D eigenvalue weighted by molar-refractivity contribution is 7.18. The highest BCUT2D eigenvalue weighted by Crippen LogP contribution is 2.26. The van der Waals surface area contributed by atoms with Gasteiger partial charge in [-0.2, -0.15) is 0 Å². The highest BCUT2D eigenvalue weighted by Gasteiger charge is 2.11. The minimum absolute atomic E-state index is 0.166. The van der Waals surface area contributed by atoms with Crippen molar-refractivity contribution in [3.63, 3.8) is 0 Å². The molecule has 0 saturated carbocycles. The third kappa shape index (κ3) is 4.71. The summed E-state index contributed by atoms with van der Waals surface area (Å²) in [5.74, 6) is -0.376. The van der Waals surface area contributed by atoms with E-state index < -0.39 is 0 Å². The summed E-state index contributed by atoms with van der Waals surface area (Å²) in [7, 11) is 0. The van der Waals surface area contributed by atoms with Crippen LogP contribution in [0.5, 0.6) is 0 Å². The Labute approximate surface area is 152 Å². The molecule has 0 atom stereocenters.